The first-order valence-corrected chi connectivity index (χ1v) is 16.4. The van der Waals surface area contributed by atoms with Gasteiger partial charge in [0.1, 0.15) is 5.92 Å². The predicted molar refractivity (Wildman–Crippen MR) is 155 cm³/mol. The second-order valence-corrected chi connectivity index (χ2v) is 14.6. The van der Waals surface area contributed by atoms with Crippen LogP contribution in [0.2, 0.25) is 0 Å². The highest BCUT2D eigenvalue weighted by Gasteiger charge is 2.58. The summed E-state index contributed by atoms with van der Waals surface area (Å²) in [5, 5.41) is 7.44. The van der Waals surface area contributed by atoms with Crippen molar-refractivity contribution in [3.63, 3.8) is 0 Å². The summed E-state index contributed by atoms with van der Waals surface area (Å²) >= 11 is 5.97. The van der Waals surface area contributed by atoms with Crippen LogP contribution >= 0.6 is 12.2 Å². The minimum Gasteiger partial charge on any atom is -0.359 e. The van der Waals surface area contributed by atoms with Crippen molar-refractivity contribution in [1.29, 1.82) is 0 Å². The molecule has 210 valence electrons. The Morgan fingerprint density at radius 2 is 1.66 bits per heavy atom. The molecule has 1 unspecified atom stereocenters. The molecule has 6 rings (SSSR count). The second kappa shape index (κ2) is 10.5. The van der Waals surface area contributed by atoms with Crippen LogP contribution in [-0.2, 0) is 9.59 Å². The molecule has 0 aromatic heterocycles. The van der Waals surface area contributed by atoms with Gasteiger partial charge in [-0.15, -0.1) is 0 Å². The van der Waals surface area contributed by atoms with E-state index in [-0.39, 0.29) is 23.3 Å². The molecule has 1 saturated heterocycles. The quantitative estimate of drug-likeness (QED) is 0.313. The lowest BCUT2D eigenvalue weighted by atomic mass is 9.49. The summed E-state index contributed by atoms with van der Waals surface area (Å²) in [6.45, 7) is 4.89. The lowest BCUT2D eigenvalue weighted by Gasteiger charge is -2.57. The first-order chi connectivity index (χ1) is 18.3. The van der Waals surface area contributed by atoms with Crippen molar-refractivity contribution in [2.24, 2.45) is 34.5 Å². The van der Waals surface area contributed by atoms with Gasteiger partial charge in [0.2, 0.25) is 11.8 Å². The van der Waals surface area contributed by atoms with Crippen LogP contribution in [0.4, 0.5) is 0 Å². The highest BCUT2D eigenvalue weighted by atomic mass is 32.1. The van der Waals surface area contributed by atoms with Crippen LogP contribution in [0.25, 0.3) is 0 Å². The molecule has 0 spiro atoms. The third-order valence-corrected chi connectivity index (χ3v) is 12.4. The molecular weight excluding hydrogens is 490 g/mol. The Kier molecular flexibility index (Phi) is 7.41. The van der Waals surface area contributed by atoms with E-state index in [1.54, 1.807) is 0 Å². The van der Waals surface area contributed by atoms with E-state index in [0.29, 0.717) is 34.8 Å². The SMILES string of the molecule is C[C@@]12CCC[C@H]1[C@@H]1CC=C3NC(=O)C(C(=O)N(C(=S)NC4CCCCC4)C4CCCCC4)C[C@]3(C)[C@@H]1CC2. The molecule has 6 aliphatic rings. The molecule has 2 amide bonds. The summed E-state index contributed by atoms with van der Waals surface area (Å²) in [4.78, 5) is 29.9. The highest BCUT2D eigenvalue weighted by Crippen LogP contribution is 2.64. The van der Waals surface area contributed by atoms with Crippen molar-refractivity contribution in [2.45, 2.75) is 135 Å². The molecule has 0 aromatic carbocycles. The number of nitrogens with one attached hydrogen (secondary N) is 2. The Hall–Kier alpha value is -1.43. The molecule has 1 heterocycles. The average molecular weight is 540 g/mol. The van der Waals surface area contributed by atoms with Gasteiger partial charge in [-0.3, -0.25) is 14.5 Å². The number of fused-ring (bicyclic) bond motifs is 5. The number of hydrogen-bond donors (Lipinski definition) is 2. The van der Waals surface area contributed by atoms with Crippen LogP contribution in [0.5, 0.6) is 0 Å². The van der Waals surface area contributed by atoms with Crippen LogP contribution in [0.3, 0.4) is 0 Å². The van der Waals surface area contributed by atoms with E-state index < -0.39 is 5.92 Å². The van der Waals surface area contributed by atoms with Gasteiger partial charge in [-0.1, -0.05) is 64.9 Å². The van der Waals surface area contributed by atoms with Crippen LogP contribution in [0, 0.1) is 34.5 Å². The molecule has 5 fully saturated rings. The molecule has 0 radical (unpaired) electrons. The Bertz CT molecular complexity index is 983. The Morgan fingerprint density at radius 3 is 2.39 bits per heavy atom. The van der Waals surface area contributed by atoms with Gasteiger partial charge >= 0.3 is 0 Å². The number of amides is 2. The van der Waals surface area contributed by atoms with E-state index in [9.17, 15) is 9.59 Å². The molecule has 4 saturated carbocycles. The summed E-state index contributed by atoms with van der Waals surface area (Å²) < 4.78 is 0. The Morgan fingerprint density at radius 1 is 0.947 bits per heavy atom. The Balaban J connectivity index is 1.25. The standard InChI is InChI=1S/C32H49N3O2S/c1-31-18-9-14-25(31)23-15-16-27-32(2,26(23)17-19-31)20-24(28(36)34-27)29(37)35(22-12-7-4-8-13-22)30(38)33-21-10-5-3-6-11-21/h16,21-26H,3-15,17-20H2,1-2H3,(H,33,38)(H,34,36)/t23-,24?,25-,26+,31-,32+/m0/s1. The van der Waals surface area contributed by atoms with Crippen LogP contribution < -0.4 is 10.6 Å². The summed E-state index contributed by atoms with van der Waals surface area (Å²) in [5.74, 6) is 1.20. The molecule has 38 heavy (non-hydrogen) atoms. The summed E-state index contributed by atoms with van der Waals surface area (Å²) in [6, 6.07) is 0.467. The first-order valence-electron chi connectivity index (χ1n) is 16.0. The average Bonchev–Trinajstić information content (AvgIpc) is 3.32. The van der Waals surface area contributed by atoms with E-state index >= 15 is 0 Å². The second-order valence-electron chi connectivity index (χ2n) is 14.3. The topological polar surface area (TPSA) is 61.4 Å². The van der Waals surface area contributed by atoms with Crippen molar-refractivity contribution in [3.8, 4) is 0 Å². The van der Waals surface area contributed by atoms with Gasteiger partial charge in [0.05, 0.1) is 0 Å². The zero-order chi connectivity index (χ0) is 26.5. The third kappa shape index (κ3) is 4.65. The van der Waals surface area contributed by atoms with Gasteiger partial charge in [-0.25, -0.2) is 0 Å². The number of carbonyl (C=O) groups is 2. The van der Waals surface area contributed by atoms with E-state index in [1.165, 1.54) is 57.8 Å². The fourth-order valence-corrected chi connectivity index (χ4v) is 10.3. The van der Waals surface area contributed by atoms with E-state index in [1.807, 2.05) is 4.90 Å². The lowest BCUT2D eigenvalue weighted by molar-refractivity contribution is -0.146. The Labute approximate surface area is 235 Å². The fourth-order valence-electron chi connectivity index (χ4n) is 9.92. The molecule has 5 aliphatic carbocycles. The predicted octanol–water partition coefficient (Wildman–Crippen LogP) is 6.62. The largest absolute Gasteiger partial charge is 0.359 e. The molecule has 6 atom stereocenters. The number of thiocarbonyl (C=S) groups is 1. The monoisotopic (exact) mass is 539 g/mol. The van der Waals surface area contributed by atoms with E-state index in [4.69, 9.17) is 12.2 Å². The maximum absolute atomic E-state index is 14.4. The number of nitrogens with zero attached hydrogens (tertiary/aromatic N) is 1. The number of carbonyl (C=O) groups excluding carboxylic acids is 2. The van der Waals surface area contributed by atoms with Gasteiger partial charge in [0.15, 0.2) is 5.11 Å². The summed E-state index contributed by atoms with van der Waals surface area (Å²) in [5.41, 5.74) is 1.45. The minimum atomic E-state index is -0.652. The highest BCUT2D eigenvalue weighted by molar-refractivity contribution is 7.80. The van der Waals surface area contributed by atoms with Crippen LogP contribution in [0.15, 0.2) is 11.8 Å². The van der Waals surface area contributed by atoms with Crippen molar-refractivity contribution in [2.75, 3.05) is 0 Å². The van der Waals surface area contributed by atoms with Crippen LogP contribution in [-0.4, -0.2) is 33.9 Å². The number of piperidine rings is 1. The maximum atomic E-state index is 14.4. The smallest absolute Gasteiger partial charge is 0.241 e. The number of rotatable bonds is 3. The fraction of sp³-hybridized carbons (Fsp3) is 0.844. The van der Waals surface area contributed by atoms with Gasteiger partial charge in [-0.2, -0.15) is 0 Å². The number of allylic oxidation sites excluding steroid dienone is 2. The third-order valence-electron chi connectivity index (χ3n) is 12.1. The van der Waals surface area contributed by atoms with Gasteiger partial charge in [0.25, 0.3) is 0 Å². The van der Waals surface area contributed by atoms with E-state index in [0.717, 1.165) is 56.6 Å². The lowest BCUT2D eigenvalue weighted by Crippen LogP contribution is -2.60. The molecule has 2 N–H and O–H groups in total. The molecule has 0 bridgehead atoms. The molecule has 6 heteroatoms. The minimum absolute atomic E-state index is 0.0494. The van der Waals surface area contributed by atoms with Gasteiger partial charge in [0, 0.05) is 23.2 Å². The van der Waals surface area contributed by atoms with E-state index in [2.05, 4.69) is 30.6 Å². The molecule has 1 aliphatic heterocycles. The normalized spacial score (nSPS) is 39.7. The van der Waals surface area contributed by atoms with Crippen molar-refractivity contribution in [1.82, 2.24) is 15.5 Å². The zero-order valence-corrected chi connectivity index (χ0v) is 24.6. The maximum Gasteiger partial charge on any atom is 0.241 e. The summed E-state index contributed by atoms with van der Waals surface area (Å²) in [6.07, 6.45) is 22.0. The summed E-state index contributed by atoms with van der Waals surface area (Å²) in [7, 11) is 0. The molecular formula is C32H49N3O2S. The van der Waals surface area contributed by atoms with Gasteiger partial charge < -0.3 is 10.6 Å². The van der Waals surface area contributed by atoms with Gasteiger partial charge in [-0.05, 0) is 99.6 Å². The number of hydrogen-bond acceptors (Lipinski definition) is 3. The van der Waals surface area contributed by atoms with Crippen LogP contribution in [0.1, 0.15) is 123 Å². The zero-order valence-electron chi connectivity index (χ0n) is 23.7. The first kappa shape index (κ1) is 26.8. The van der Waals surface area contributed by atoms with Crippen molar-refractivity contribution >= 4 is 29.1 Å². The molecule has 0 aromatic rings. The molecule has 5 nitrogen and oxygen atoms in total. The van der Waals surface area contributed by atoms with Crippen molar-refractivity contribution in [3.05, 3.63) is 11.8 Å². The van der Waals surface area contributed by atoms with Crippen molar-refractivity contribution < 1.29 is 9.59 Å².